The molecule has 15 heavy (non-hydrogen) atoms. The number of hydrogen-bond donors (Lipinski definition) is 2. The molecule has 2 unspecified atom stereocenters. The lowest BCUT2D eigenvalue weighted by atomic mass is 9.80. The number of hydrogen-bond acceptors (Lipinski definition) is 2. The van der Waals surface area contributed by atoms with Crippen molar-refractivity contribution >= 4 is 5.97 Å². The third-order valence-corrected chi connectivity index (χ3v) is 3.86. The number of nitrogens with one attached hydrogen (secondary N) is 1. The molecule has 2 fully saturated rings. The van der Waals surface area contributed by atoms with E-state index in [4.69, 9.17) is 5.11 Å². The minimum atomic E-state index is -0.635. The zero-order valence-corrected chi connectivity index (χ0v) is 9.24. The molecular weight excluding hydrogens is 190 g/mol. The lowest BCUT2D eigenvalue weighted by molar-refractivity contribution is -0.137. The van der Waals surface area contributed by atoms with Crippen LogP contribution in [-0.4, -0.2) is 24.2 Å². The Morgan fingerprint density at radius 1 is 1.33 bits per heavy atom. The fraction of sp³-hybridized carbons (Fsp3) is 0.917. The van der Waals surface area contributed by atoms with Gasteiger partial charge in [0, 0.05) is 6.42 Å². The van der Waals surface area contributed by atoms with Gasteiger partial charge >= 0.3 is 5.97 Å². The van der Waals surface area contributed by atoms with Gasteiger partial charge in [-0.05, 0) is 62.9 Å². The van der Waals surface area contributed by atoms with Gasteiger partial charge < -0.3 is 10.4 Å². The lowest BCUT2D eigenvalue weighted by Gasteiger charge is -2.30. The molecule has 3 nitrogen and oxygen atoms in total. The molecule has 3 heteroatoms. The van der Waals surface area contributed by atoms with E-state index in [9.17, 15) is 4.79 Å². The highest BCUT2D eigenvalue weighted by atomic mass is 16.4. The van der Waals surface area contributed by atoms with Gasteiger partial charge in [-0.3, -0.25) is 4.79 Å². The molecule has 0 radical (unpaired) electrons. The van der Waals surface area contributed by atoms with E-state index in [0.717, 1.165) is 31.3 Å². The van der Waals surface area contributed by atoms with Gasteiger partial charge in [0.1, 0.15) is 0 Å². The molecule has 0 spiro atoms. The van der Waals surface area contributed by atoms with E-state index >= 15 is 0 Å². The molecular formula is C12H21NO2. The summed E-state index contributed by atoms with van der Waals surface area (Å²) in [7, 11) is 0. The number of carbonyl (C=O) groups is 1. The second-order valence-electron chi connectivity index (χ2n) is 5.04. The molecule has 1 saturated heterocycles. The average molecular weight is 211 g/mol. The highest BCUT2D eigenvalue weighted by molar-refractivity contribution is 5.66. The standard InChI is InChI=1S/C12H21NO2/c14-12(15)6-5-11(9-3-4-9)10-2-1-7-13-8-10/h9-11,13H,1-8H2,(H,14,15). The predicted octanol–water partition coefficient (Wildman–Crippen LogP) is 1.88. The summed E-state index contributed by atoms with van der Waals surface area (Å²) in [6.45, 7) is 2.26. The van der Waals surface area contributed by atoms with Gasteiger partial charge in [-0.25, -0.2) is 0 Å². The van der Waals surface area contributed by atoms with Crippen LogP contribution in [0.1, 0.15) is 38.5 Å². The van der Waals surface area contributed by atoms with Crippen molar-refractivity contribution in [1.82, 2.24) is 5.32 Å². The van der Waals surface area contributed by atoms with Crippen LogP contribution in [0.3, 0.4) is 0 Å². The van der Waals surface area contributed by atoms with E-state index in [-0.39, 0.29) is 0 Å². The highest BCUT2D eigenvalue weighted by Gasteiger charge is 2.36. The van der Waals surface area contributed by atoms with Crippen molar-refractivity contribution in [2.24, 2.45) is 17.8 Å². The molecule has 1 saturated carbocycles. The van der Waals surface area contributed by atoms with E-state index in [2.05, 4.69) is 5.32 Å². The Labute approximate surface area is 91.2 Å². The first-order valence-corrected chi connectivity index (χ1v) is 6.20. The van der Waals surface area contributed by atoms with Crippen molar-refractivity contribution in [2.45, 2.75) is 38.5 Å². The van der Waals surface area contributed by atoms with Crippen LogP contribution >= 0.6 is 0 Å². The third kappa shape index (κ3) is 3.20. The molecule has 0 aromatic rings. The van der Waals surface area contributed by atoms with E-state index in [1.165, 1.54) is 25.7 Å². The number of carboxylic acids is 1. The first-order valence-electron chi connectivity index (χ1n) is 6.20. The Morgan fingerprint density at radius 3 is 2.67 bits per heavy atom. The maximum atomic E-state index is 10.6. The highest BCUT2D eigenvalue weighted by Crippen LogP contribution is 2.44. The van der Waals surface area contributed by atoms with Crippen LogP contribution in [0, 0.1) is 17.8 Å². The monoisotopic (exact) mass is 211 g/mol. The minimum Gasteiger partial charge on any atom is -0.481 e. The summed E-state index contributed by atoms with van der Waals surface area (Å²) in [6.07, 6.45) is 6.49. The first-order chi connectivity index (χ1) is 7.27. The minimum absolute atomic E-state index is 0.359. The van der Waals surface area contributed by atoms with Crippen LogP contribution in [0.4, 0.5) is 0 Å². The molecule has 1 aliphatic carbocycles. The fourth-order valence-electron chi connectivity index (χ4n) is 2.92. The van der Waals surface area contributed by atoms with Gasteiger partial charge in [-0.1, -0.05) is 0 Å². The van der Waals surface area contributed by atoms with Crippen LogP contribution in [0.5, 0.6) is 0 Å². The van der Waals surface area contributed by atoms with Crippen molar-refractivity contribution in [3.05, 3.63) is 0 Å². The van der Waals surface area contributed by atoms with Gasteiger partial charge in [0.25, 0.3) is 0 Å². The zero-order valence-electron chi connectivity index (χ0n) is 9.24. The molecule has 2 rings (SSSR count). The summed E-state index contributed by atoms with van der Waals surface area (Å²) in [5.41, 5.74) is 0. The van der Waals surface area contributed by atoms with Gasteiger partial charge in [0.15, 0.2) is 0 Å². The topological polar surface area (TPSA) is 49.3 Å². The van der Waals surface area contributed by atoms with E-state index in [1.54, 1.807) is 0 Å². The Balaban J connectivity index is 1.83. The number of piperidine rings is 1. The molecule has 0 amide bonds. The summed E-state index contributed by atoms with van der Waals surface area (Å²) in [4.78, 5) is 10.6. The molecule has 2 aliphatic rings. The number of rotatable bonds is 5. The Morgan fingerprint density at radius 2 is 2.13 bits per heavy atom. The van der Waals surface area contributed by atoms with Gasteiger partial charge in [0.2, 0.25) is 0 Å². The summed E-state index contributed by atoms with van der Waals surface area (Å²) in [5.74, 6) is 1.62. The Bertz CT molecular complexity index is 220. The van der Waals surface area contributed by atoms with Gasteiger partial charge in [-0.2, -0.15) is 0 Å². The summed E-state index contributed by atoms with van der Waals surface area (Å²) in [6, 6.07) is 0. The summed E-state index contributed by atoms with van der Waals surface area (Å²) >= 11 is 0. The van der Waals surface area contributed by atoms with Crippen LogP contribution in [0.25, 0.3) is 0 Å². The normalized spacial score (nSPS) is 28.7. The smallest absolute Gasteiger partial charge is 0.303 e. The quantitative estimate of drug-likeness (QED) is 0.730. The second kappa shape index (κ2) is 4.97. The molecule has 2 atom stereocenters. The average Bonchev–Trinajstić information content (AvgIpc) is 3.03. The van der Waals surface area contributed by atoms with Crippen molar-refractivity contribution in [1.29, 1.82) is 0 Å². The first kappa shape index (κ1) is 10.9. The number of carboxylic acid groups (broad SMARTS) is 1. The molecule has 86 valence electrons. The molecule has 1 aliphatic heterocycles. The van der Waals surface area contributed by atoms with Crippen molar-refractivity contribution in [3.63, 3.8) is 0 Å². The fourth-order valence-corrected chi connectivity index (χ4v) is 2.92. The van der Waals surface area contributed by atoms with Crippen molar-refractivity contribution in [3.8, 4) is 0 Å². The second-order valence-corrected chi connectivity index (χ2v) is 5.04. The van der Waals surface area contributed by atoms with E-state index in [0.29, 0.717) is 12.3 Å². The largest absolute Gasteiger partial charge is 0.481 e. The van der Waals surface area contributed by atoms with Crippen LogP contribution in [0.15, 0.2) is 0 Å². The number of aliphatic carboxylic acids is 1. The maximum absolute atomic E-state index is 10.6. The Kier molecular flexibility index (Phi) is 3.62. The lowest BCUT2D eigenvalue weighted by Crippen LogP contribution is -2.35. The zero-order chi connectivity index (χ0) is 10.7. The van der Waals surface area contributed by atoms with E-state index in [1.807, 2.05) is 0 Å². The predicted molar refractivity (Wildman–Crippen MR) is 58.7 cm³/mol. The van der Waals surface area contributed by atoms with Crippen molar-refractivity contribution in [2.75, 3.05) is 13.1 Å². The summed E-state index contributed by atoms with van der Waals surface area (Å²) in [5, 5.41) is 12.2. The maximum Gasteiger partial charge on any atom is 0.303 e. The SMILES string of the molecule is O=C(O)CCC(C1CC1)C1CCCNC1. The third-order valence-electron chi connectivity index (χ3n) is 3.86. The van der Waals surface area contributed by atoms with Crippen LogP contribution < -0.4 is 5.32 Å². The molecule has 2 N–H and O–H groups in total. The van der Waals surface area contributed by atoms with Crippen molar-refractivity contribution < 1.29 is 9.90 Å². The van der Waals surface area contributed by atoms with Gasteiger partial charge in [-0.15, -0.1) is 0 Å². The molecule has 1 heterocycles. The van der Waals surface area contributed by atoms with Gasteiger partial charge in [0.05, 0.1) is 0 Å². The molecule has 0 aromatic carbocycles. The molecule has 0 bridgehead atoms. The summed E-state index contributed by atoms with van der Waals surface area (Å²) < 4.78 is 0. The Hall–Kier alpha value is -0.570. The van der Waals surface area contributed by atoms with E-state index < -0.39 is 5.97 Å². The van der Waals surface area contributed by atoms with Crippen LogP contribution in [-0.2, 0) is 4.79 Å². The molecule has 0 aromatic heterocycles. The van der Waals surface area contributed by atoms with Crippen LogP contribution in [0.2, 0.25) is 0 Å².